The molecular formula is C16H16N4O2S. The van der Waals surface area contributed by atoms with Crippen molar-refractivity contribution in [1.29, 1.82) is 0 Å². The molecule has 6 nitrogen and oxygen atoms in total. The van der Waals surface area contributed by atoms with E-state index in [1.165, 1.54) is 11.3 Å². The van der Waals surface area contributed by atoms with Crippen LogP contribution in [0, 0.1) is 0 Å². The van der Waals surface area contributed by atoms with E-state index < -0.39 is 0 Å². The zero-order chi connectivity index (χ0) is 15.8. The number of nitrogens with zero attached hydrogens (tertiary/aromatic N) is 3. The van der Waals surface area contributed by atoms with Crippen LogP contribution in [0.25, 0.3) is 11.0 Å². The molecule has 1 N–H and O–H groups in total. The molecule has 0 radical (unpaired) electrons. The Morgan fingerprint density at radius 1 is 1.26 bits per heavy atom. The number of likely N-dealkylation sites (tertiary alicyclic amines) is 1. The monoisotopic (exact) mass is 328 g/mol. The number of hydrogen-bond acceptors (Lipinski definition) is 4. The van der Waals surface area contributed by atoms with Gasteiger partial charge in [0.15, 0.2) is 0 Å². The maximum Gasteiger partial charge on any atom is 0.326 e. The fourth-order valence-corrected chi connectivity index (χ4v) is 3.77. The highest BCUT2D eigenvalue weighted by atomic mass is 32.1. The first-order chi connectivity index (χ1) is 11.2. The van der Waals surface area contributed by atoms with Crippen LogP contribution in [0.15, 0.2) is 40.0 Å². The Bertz CT molecular complexity index is 888. The number of thiazole rings is 1. The lowest BCUT2D eigenvalue weighted by Gasteiger charge is -2.32. The zero-order valence-electron chi connectivity index (χ0n) is 12.4. The number of aromatic nitrogens is 3. The van der Waals surface area contributed by atoms with Crippen molar-refractivity contribution in [3.8, 4) is 0 Å². The van der Waals surface area contributed by atoms with Crippen LogP contribution >= 0.6 is 11.3 Å². The Balaban J connectivity index is 1.54. The minimum absolute atomic E-state index is 0.0176. The smallest absolute Gasteiger partial charge is 0.326 e. The first-order valence-corrected chi connectivity index (χ1v) is 8.55. The summed E-state index contributed by atoms with van der Waals surface area (Å²) >= 11 is 1.43. The molecule has 0 bridgehead atoms. The predicted molar refractivity (Wildman–Crippen MR) is 88.8 cm³/mol. The molecule has 0 saturated carbocycles. The van der Waals surface area contributed by atoms with E-state index in [2.05, 4.69) is 9.97 Å². The van der Waals surface area contributed by atoms with Crippen LogP contribution in [-0.2, 0) is 0 Å². The standard InChI is InChI=1S/C16H16N4O2S/c21-15(13-9-23-10-17-13)19-7-5-11(6-8-19)20-14-4-2-1-3-12(14)18-16(20)22/h1-4,9-11H,5-8H2,(H,18,22). The minimum atomic E-state index is -0.0736. The van der Waals surface area contributed by atoms with Crippen molar-refractivity contribution in [1.82, 2.24) is 19.4 Å². The number of aromatic amines is 1. The summed E-state index contributed by atoms with van der Waals surface area (Å²) in [6.07, 6.45) is 1.55. The van der Waals surface area contributed by atoms with Crippen molar-refractivity contribution in [3.05, 3.63) is 51.3 Å². The summed E-state index contributed by atoms with van der Waals surface area (Å²) in [6.45, 7) is 1.29. The van der Waals surface area contributed by atoms with Gasteiger partial charge in [-0.15, -0.1) is 11.3 Å². The number of hydrogen-bond donors (Lipinski definition) is 1. The van der Waals surface area contributed by atoms with E-state index in [0.29, 0.717) is 18.8 Å². The largest absolute Gasteiger partial charge is 0.337 e. The van der Waals surface area contributed by atoms with Gasteiger partial charge in [-0.3, -0.25) is 9.36 Å². The van der Waals surface area contributed by atoms with Crippen molar-refractivity contribution < 1.29 is 4.79 Å². The van der Waals surface area contributed by atoms with E-state index in [9.17, 15) is 9.59 Å². The molecule has 3 aromatic rings. The van der Waals surface area contributed by atoms with Gasteiger partial charge in [0.05, 0.1) is 16.5 Å². The zero-order valence-corrected chi connectivity index (χ0v) is 13.3. The Hall–Kier alpha value is -2.41. The van der Waals surface area contributed by atoms with E-state index in [4.69, 9.17) is 0 Å². The van der Waals surface area contributed by atoms with Gasteiger partial charge in [-0.1, -0.05) is 12.1 Å². The molecule has 0 spiro atoms. The molecule has 2 aromatic heterocycles. The van der Waals surface area contributed by atoms with Crippen LogP contribution in [0.4, 0.5) is 0 Å². The van der Waals surface area contributed by atoms with Gasteiger partial charge >= 0.3 is 5.69 Å². The van der Waals surface area contributed by atoms with Gasteiger partial charge in [0, 0.05) is 24.5 Å². The number of fused-ring (bicyclic) bond motifs is 1. The number of nitrogens with one attached hydrogen (secondary N) is 1. The maximum atomic E-state index is 12.3. The summed E-state index contributed by atoms with van der Waals surface area (Å²) in [5.74, 6) is -0.0176. The average Bonchev–Trinajstić information content (AvgIpc) is 3.21. The van der Waals surface area contributed by atoms with E-state index in [-0.39, 0.29) is 17.6 Å². The van der Waals surface area contributed by atoms with Crippen molar-refractivity contribution in [2.75, 3.05) is 13.1 Å². The molecule has 0 unspecified atom stereocenters. The predicted octanol–water partition coefficient (Wildman–Crippen LogP) is 2.26. The second-order valence-electron chi connectivity index (χ2n) is 5.71. The van der Waals surface area contributed by atoms with Crippen molar-refractivity contribution in [2.24, 2.45) is 0 Å². The SMILES string of the molecule is O=C(c1cscn1)N1CCC(n2c(=O)[nH]c3ccccc32)CC1. The molecule has 23 heavy (non-hydrogen) atoms. The third kappa shape index (κ3) is 2.46. The summed E-state index contributed by atoms with van der Waals surface area (Å²) in [5, 5.41) is 1.78. The molecule has 1 aliphatic heterocycles. The molecule has 7 heteroatoms. The molecule has 1 amide bonds. The lowest BCUT2D eigenvalue weighted by molar-refractivity contribution is 0.0690. The minimum Gasteiger partial charge on any atom is -0.337 e. The lowest BCUT2D eigenvalue weighted by atomic mass is 10.0. The molecule has 118 valence electrons. The topological polar surface area (TPSA) is 71.0 Å². The van der Waals surface area contributed by atoms with E-state index in [1.54, 1.807) is 10.9 Å². The number of rotatable bonds is 2. The van der Waals surface area contributed by atoms with Gasteiger partial charge in [-0.05, 0) is 25.0 Å². The molecule has 4 rings (SSSR count). The quantitative estimate of drug-likeness (QED) is 0.784. The molecule has 1 aliphatic rings. The average molecular weight is 328 g/mol. The van der Waals surface area contributed by atoms with Crippen molar-refractivity contribution in [3.63, 3.8) is 0 Å². The Kier molecular flexibility index (Phi) is 3.49. The molecular weight excluding hydrogens is 312 g/mol. The second kappa shape index (κ2) is 5.66. The van der Waals surface area contributed by atoms with Gasteiger partial charge in [-0.2, -0.15) is 0 Å². The normalized spacial score (nSPS) is 16.1. The third-order valence-electron chi connectivity index (χ3n) is 4.39. The highest BCUT2D eigenvalue weighted by molar-refractivity contribution is 7.07. The summed E-state index contributed by atoms with van der Waals surface area (Å²) in [4.78, 5) is 33.4. The van der Waals surface area contributed by atoms with Crippen molar-refractivity contribution in [2.45, 2.75) is 18.9 Å². The first-order valence-electron chi connectivity index (χ1n) is 7.61. The van der Waals surface area contributed by atoms with Crippen LogP contribution in [-0.4, -0.2) is 38.4 Å². The van der Waals surface area contributed by atoms with Gasteiger partial charge in [-0.25, -0.2) is 9.78 Å². The van der Waals surface area contributed by atoms with Crippen LogP contribution in [0.2, 0.25) is 0 Å². The lowest BCUT2D eigenvalue weighted by Crippen LogP contribution is -2.40. The number of carbonyl (C=O) groups is 1. The maximum absolute atomic E-state index is 12.3. The molecule has 0 atom stereocenters. The molecule has 3 heterocycles. The first kappa shape index (κ1) is 14.2. The summed E-state index contributed by atoms with van der Waals surface area (Å²) in [7, 11) is 0. The van der Waals surface area contributed by atoms with E-state index in [0.717, 1.165) is 23.9 Å². The van der Waals surface area contributed by atoms with Gasteiger partial charge in [0.2, 0.25) is 0 Å². The fraction of sp³-hybridized carbons (Fsp3) is 0.312. The number of para-hydroxylation sites is 2. The van der Waals surface area contributed by atoms with Crippen LogP contribution in [0.5, 0.6) is 0 Å². The summed E-state index contributed by atoms with van der Waals surface area (Å²) in [6, 6.07) is 7.84. The Morgan fingerprint density at radius 3 is 2.78 bits per heavy atom. The van der Waals surface area contributed by atoms with E-state index >= 15 is 0 Å². The molecule has 0 aliphatic carbocycles. The van der Waals surface area contributed by atoms with E-state index in [1.807, 2.05) is 33.7 Å². The molecule has 1 aromatic carbocycles. The Labute approximate surface area is 136 Å². The number of benzene rings is 1. The fourth-order valence-electron chi connectivity index (χ4n) is 3.24. The number of amides is 1. The number of carbonyl (C=O) groups excluding carboxylic acids is 1. The molecule has 1 saturated heterocycles. The highest BCUT2D eigenvalue weighted by Crippen LogP contribution is 2.25. The summed E-state index contributed by atoms with van der Waals surface area (Å²) < 4.78 is 1.83. The third-order valence-corrected chi connectivity index (χ3v) is 4.98. The second-order valence-corrected chi connectivity index (χ2v) is 6.43. The number of H-pyrrole nitrogens is 1. The van der Waals surface area contributed by atoms with Crippen molar-refractivity contribution >= 4 is 28.3 Å². The Morgan fingerprint density at radius 2 is 2.04 bits per heavy atom. The van der Waals surface area contributed by atoms with Gasteiger partial charge in [0.1, 0.15) is 5.69 Å². The van der Waals surface area contributed by atoms with Crippen LogP contribution < -0.4 is 5.69 Å². The van der Waals surface area contributed by atoms with Gasteiger partial charge in [0.25, 0.3) is 5.91 Å². The van der Waals surface area contributed by atoms with Gasteiger partial charge < -0.3 is 9.88 Å². The number of piperidine rings is 1. The highest BCUT2D eigenvalue weighted by Gasteiger charge is 2.27. The summed E-state index contributed by atoms with van der Waals surface area (Å²) in [5.41, 5.74) is 3.90. The number of imidazole rings is 1. The van der Waals surface area contributed by atoms with Crippen LogP contribution in [0.1, 0.15) is 29.4 Å². The molecule has 1 fully saturated rings. The van der Waals surface area contributed by atoms with Crippen LogP contribution in [0.3, 0.4) is 0 Å².